The number of fused-ring (bicyclic) bond motifs is 1. The molecule has 1 aliphatic rings. The summed E-state index contributed by atoms with van der Waals surface area (Å²) in [5, 5.41) is -0.431. The number of sulfone groups is 1. The monoisotopic (exact) mass is 314 g/mol. The van der Waals surface area contributed by atoms with E-state index in [9.17, 15) is 8.42 Å². The van der Waals surface area contributed by atoms with Gasteiger partial charge in [0.25, 0.3) is 0 Å². The molecule has 2 aromatic rings. The first kappa shape index (κ1) is 15.3. The van der Waals surface area contributed by atoms with Crippen LogP contribution in [0.25, 0.3) is 0 Å². The van der Waals surface area contributed by atoms with E-state index in [1.54, 1.807) is 12.1 Å². The topological polar surface area (TPSA) is 34.1 Å². The second kappa shape index (κ2) is 5.24. The van der Waals surface area contributed by atoms with Crippen LogP contribution in [0.15, 0.2) is 53.4 Å². The Hall–Kier alpha value is -1.61. The molecule has 1 atom stereocenters. The maximum atomic E-state index is 13.1. The van der Waals surface area contributed by atoms with E-state index in [1.807, 2.05) is 37.3 Å². The van der Waals surface area contributed by atoms with E-state index in [0.29, 0.717) is 11.3 Å². The maximum Gasteiger partial charge on any atom is 0.185 e. The summed E-state index contributed by atoms with van der Waals surface area (Å²) in [6.07, 6.45) is 1.57. The number of rotatable bonds is 2. The molecule has 0 aromatic heterocycles. The Kier molecular flexibility index (Phi) is 3.64. The quantitative estimate of drug-likeness (QED) is 0.813. The van der Waals surface area contributed by atoms with Gasteiger partial charge in [-0.05, 0) is 48.4 Å². The van der Waals surface area contributed by atoms with E-state index < -0.39 is 15.1 Å². The van der Waals surface area contributed by atoms with Crippen LogP contribution in [0.5, 0.6) is 0 Å². The van der Waals surface area contributed by atoms with Gasteiger partial charge < -0.3 is 0 Å². The van der Waals surface area contributed by atoms with Crippen LogP contribution in [0.3, 0.4) is 0 Å². The van der Waals surface area contributed by atoms with Gasteiger partial charge in [-0.1, -0.05) is 55.8 Å². The molecule has 0 saturated carbocycles. The van der Waals surface area contributed by atoms with Gasteiger partial charge in [-0.25, -0.2) is 8.42 Å². The number of benzene rings is 2. The fourth-order valence-corrected chi connectivity index (χ4v) is 5.20. The van der Waals surface area contributed by atoms with Gasteiger partial charge >= 0.3 is 0 Å². The molecular weight excluding hydrogens is 292 g/mol. The van der Waals surface area contributed by atoms with Gasteiger partial charge in [0.05, 0.1) is 10.1 Å². The van der Waals surface area contributed by atoms with Crippen molar-refractivity contribution in [2.45, 2.75) is 49.2 Å². The number of hydrogen-bond acceptors (Lipinski definition) is 2. The van der Waals surface area contributed by atoms with Crippen LogP contribution in [0.2, 0.25) is 0 Å². The van der Waals surface area contributed by atoms with E-state index in [1.165, 1.54) is 5.56 Å². The highest BCUT2D eigenvalue weighted by atomic mass is 32.2. The zero-order valence-electron chi connectivity index (χ0n) is 13.3. The third-order valence-corrected chi connectivity index (χ3v) is 6.96. The summed E-state index contributed by atoms with van der Waals surface area (Å²) in [6.45, 7) is 6.36. The lowest BCUT2D eigenvalue weighted by Gasteiger charge is -2.36. The average Bonchev–Trinajstić information content (AvgIpc) is 2.47. The van der Waals surface area contributed by atoms with Gasteiger partial charge in [0, 0.05) is 0 Å². The van der Waals surface area contributed by atoms with Crippen molar-refractivity contribution >= 4 is 9.84 Å². The van der Waals surface area contributed by atoms with Crippen molar-refractivity contribution in [3.63, 3.8) is 0 Å². The second-order valence-electron chi connectivity index (χ2n) is 6.86. The molecule has 1 aliphatic carbocycles. The second-order valence-corrected chi connectivity index (χ2v) is 8.99. The zero-order valence-corrected chi connectivity index (χ0v) is 14.2. The summed E-state index contributed by atoms with van der Waals surface area (Å²) >= 11 is 0. The normalized spacial score (nSPS) is 20.4. The summed E-state index contributed by atoms with van der Waals surface area (Å²) in [5.74, 6) is 0. The first-order valence-electron chi connectivity index (χ1n) is 7.72. The summed E-state index contributed by atoms with van der Waals surface area (Å²) < 4.78 is 26.1. The molecule has 22 heavy (non-hydrogen) atoms. The fourth-order valence-electron chi connectivity index (χ4n) is 3.39. The minimum Gasteiger partial charge on any atom is -0.223 e. The van der Waals surface area contributed by atoms with Crippen molar-refractivity contribution in [2.75, 3.05) is 0 Å². The molecule has 0 saturated heterocycles. The Morgan fingerprint density at radius 3 is 2.32 bits per heavy atom. The van der Waals surface area contributed by atoms with Crippen LogP contribution in [0.1, 0.15) is 48.6 Å². The Balaban J connectivity index is 2.11. The van der Waals surface area contributed by atoms with Gasteiger partial charge in [-0.2, -0.15) is 0 Å². The van der Waals surface area contributed by atoms with E-state index in [-0.39, 0.29) is 5.41 Å². The standard InChI is InChI=1S/C19H22O2S/c1-14-8-10-15(11-9-14)22(20,21)18-12-13-19(2,3)17-7-5-4-6-16(17)18/h4-11,18H,12-13H2,1-3H3. The maximum absolute atomic E-state index is 13.1. The molecule has 0 bridgehead atoms. The highest BCUT2D eigenvalue weighted by molar-refractivity contribution is 7.91. The van der Waals surface area contributed by atoms with Crippen molar-refractivity contribution in [1.82, 2.24) is 0 Å². The molecular formula is C19H22O2S. The minimum absolute atomic E-state index is 0.0376. The molecule has 0 spiro atoms. The van der Waals surface area contributed by atoms with E-state index in [0.717, 1.165) is 17.5 Å². The lowest BCUT2D eigenvalue weighted by Crippen LogP contribution is -2.29. The van der Waals surface area contributed by atoms with Gasteiger partial charge in [-0.15, -0.1) is 0 Å². The van der Waals surface area contributed by atoms with E-state index >= 15 is 0 Å². The molecule has 0 amide bonds. The third kappa shape index (κ3) is 2.48. The molecule has 0 fully saturated rings. The van der Waals surface area contributed by atoms with Crippen LogP contribution in [0.4, 0.5) is 0 Å². The predicted molar refractivity (Wildman–Crippen MR) is 89.8 cm³/mol. The first-order valence-corrected chi connectivity index (χ1v) is 9.27. The SMILES string of the molecule is Cc1ccc(S(=O)(=O)C2CCC(C)(C)c3ccccc32)cc1. The summed E-state index contributed by atoms with van der Waals surface area (Å²) in [6, 6.07) is 15.2. The van der Waals surface area contributed by atoms with Gasteiger partial charge in [0.15, 0.2) is 9.84 Å². The minimum atomic E-state index is -3.34. The van der Waals surface area contributed by atoms with Gasteiger partial charge in [-0.3, -0.25) is 0 Å². The zero-order chi connectivity index (χ0) is 16.0. The molecule has 0 heterocycles. The molecule has 3 rings (SSSR count). The van der Waals surface area contributed by atoms with Crippen LogP contribution in [-0.4, -0.2) is 8.42 Å². The van der Waals surface area contributed by atoms with Crippen LogP contribution in [0, 0.1) is 6.92 Å². The fraction of sp³-hybridized carbons (Fsp3) is 0.368. The summed E-state index contributed by atoms with van der Waals surface area (Å²) in [4.78, 5) is 0.428. The van der Waals surface area contributed by atoms with Crippen LogP contribution >= 0.6 is 0 Å². The highest BCUT2D eigenvalue weighted by Gasteiger charge is 2.39. The predicted octanol–water partition coefficient (Wildman–Crippen LogP) is 4.58. The number of hydrogen-bond donors (Lipinski definition) is 0. The molecule has 3 heteroatoms. The Morgan fingerprint density at radius 2 is 1.64 bits per heavy atom. The molecule has 2 nitrogen and oxygen atoms in total. The molecule has 0 N–H and O–H groups in total. The largest absolute Gasteiger partial charge is 0.223 e. The lowest BCUT2D eigenvalue weighted by atomic mass is 9.73. The van der Waals surface area contributed by atoms with Gasteiger partial charge in [0.2, 0.25) is 0 Å². The average molecular weight is 314 g/mol. The molecule has 116 valence electrons. The van der Waals surface area contributed by atoms with Crippen molar-refractivity contribution in [2.24, 2.45) is 0 Å². The first-order chi connectivity index (χ1) is 10.3. The van der Waals surface area contributed by atoms with Crippen molar-refractivity contribution in [1.29, 1.82) is 0 Å². The van der Waals surface area contributed by atoms with E-state index in [4.69, 9.17) is 0 Å². The summed E-state index contributed by atoms with van der Waals surface area (Å²) in [7, 11) is -3.34. The molecule has 0 aliphatic heterocycles. The van der Waals surface area contributed by atoms with E-state index in [2.05, 4.69) is 19.9 Å². The van der Waals surface area contributed by atoms with Crippen molar-refractivity contribution in [3.05, 3.63) is 65.2 Å². The Bertz CT molecular complexity index is 786. The molecule has 0 radical (unpaired) electrons. The highest BCUT2D eigenvalue weighted by Crippen LogP contribution is 2.46. The smallest absolute Gasteiger partial charge is 0.185 e. The van der Waals surface area contributed by atoms with Crippen LogP contribution < -0.4 is 0 Å². The number of aryl methyl sites for hydroxylation is 1. The Labute approximate surface area is 133 Å². The van der Waals surface area contributed by atoms with Gasteiger partial charge in [0.1, 0.15) is 0 Å². The van der Waals surface area contributed by atoms with Crippen molar-refractivity contribution < 1.29 is 8.42 Å². The Morgan fingerprint density at radius 1 is 1.00 bits per heavy atom. The lowest BCUT2D eigenvalue weighted by molar-refractivity contribution is 0.420. The summed E-state index contributed by atoms with van der Waals surface area (Å²) in [5.41, 5.74) is 3.25. The third-order valence-electron chi connectivity index (χ3n) is 4.79. The molecule has 2 aromatic carbocycles. The van der Waals surface area contributed by atoms with Crippen molar-refractivity contribution in [3.8, 4) is 0 Å². The van der Waals surface area contributed by atoms with Crippen LogP contribution in [-0.2, 0) is 15.3 Å². The molecule has 1 unspecified atom stereocenters.